The topological polar surface area (TPSA) is 42.4 Å². The predicted molar refractivity (Wildman–Crippen MR) is 99.8 cm³/mol. The van der Waals surface area contributed by atoms with E-state index in [1.165, 1.54) is 0 Å². The van der Waals surface area contributed by atoms with Crippen LogP contribution in [0, 0.1) is 0 Å². The van der Waals surface area contributed by atoms with Crippen LogP contribution in [0.1, 0.15) is 28.8 Å². The molecule has 0 saturated carbocycles. The van der Waals surface area contributed by atoms with Crippen molar-refractivity contribution >= 4 is 28.1 Å². The molecular weight excluding hydrogens is 332 g/mol. The molecule has 3 heterocycles. The summed E-state index contributed by atoms with van der Waals surface area (Å²) in [5, 5.41) is 5.13. The quantitative estimate of drug-likeness (QED) is 0.694. The number of thiophene rings is 1. The van der Waals surface area contributed by atoms with Gasteiger partial charge in [0, 0.05) is 31.3 Å². The first-order valence-corrected chi connectivity index (χ1v) is 9.51. The van der Waals surface area contributed by atoms with Crippen molar-refractivity contribution in [3.63, 3.8) is 0 Å². The van der Waals surface area contributed by atoms with Crippen LogP contribution in [-0.2, 0) is 11.3 Å². The monoisotopic (exact) mass is 352 g/mol. The van der Waals surface area contributed by atoms with Gasteiger partial charge in [-0.05, 0) is 47.4 Å². The maximum Gasteiger partial charge on any atom is 0.256 e. The molecule has 3 aromatic rings. The molecule has 1 aliphatic rings. The third-order valence-electron chi connectivity index (χ3n) is 4.55. The van der Waals surface area contributed by atoms with E-state index in [1.807, 2.05) is 40.6 Å². The number of ether oxygens (including phenoxy) is 1. The van der Waals surface area contributed by atoms with Crippen molar-refractivity contribution in [1.29, 1.82) is 0 Å². The third kappa shape index (κ3) is 3.57. The lowest BCUT2D eigenvalue weighted by Gasteiger charge is -2.25. The molecular formula is C20H20N2O2S. The summed E-state index contributed by atoms with van der Waals surface area (Å²) >= 11 is 1.65. The molecule has 1 saturated heterocycles. The first kappa shape index (κ1) is 16.2. The number of hydrogen-bond donors (Lipinski definition) is 0. The van der Waals surface area contributed by atoms with Gasteiger partial charge in [0.05, 0.1) is 17.2 Å². The molecule has 0 bridgehead atoms. The highest BCUT2D eigenvalue weighted by molar-refractivity contribution is 7.07. The molecule has 5 heteroatoms. The van der Waals surface area contributed by atoms with E-state index in [0.717, 1.165) is 35.9 Å². The Labute approximate surface area is 151 Å². The van der Waals surface area contributed by atoms with E-state index in [0.29, 0.717) is 18.7 Å². The number of carbonyl (C=O) groups excluding carboxylic acids is 1. The van der Waals surface area contributed by atoms with Crippen LogP contribution in [0.4, 0.5) is 0 Å². The first-order chi connectivity index (χ1) is 12.3. The zero-order chi connectivity index (χ0) is 17.1. The van der Waals surface area contributed by atoms with Gasteiger partial charge >= 0.3 is 0 Å². The molecule has 4 nitrogen and oxygen atoms in total. The van der Waals surface area contributed by atoms with Gasteiger partial charge in [-0.15, -0.1) is 0 Å². The zero-order valence-corrected chi connectivity index (χ0v) is 14.7. The van der Waals surface area contributed by atoms with Crippen LogP contribution in [-0.4, -0.2) is 35.0 Å². The molecule has 1 fully saturated rings. The highest BCUT2D eigenvalue weighted by Crippen LogP contribution is 2.22. The predicted octanol–water partition coefficient (Wildman–Crippen LogP) is 4.12. The van der Waals surface area contributed by atoms with Crippen LogP contribution in [0.15, 0.2) is 53.4 Å². The summed E-state index contributed by atoms with van der Waals surface area (Å²) in [5.41, 5.74) is 2.58. The number of pyridine rings is 1. The van der Waals surface area contributed by atoms with Crippen LogP contribution in [0.25, 0.3) is 10.9 Å². The summed E-state index contributed by atoms with van der Waals surface area (Å²) in [6, 6.07) is 11.7. The van der Waals surface area contributed by atoms with Crippen molar-refractivity contribution in [3.05, 3.63) is 64.5 Å². The Kier molecular flexibility index (Phi) is 4.76. The lowest BCUT2D eigenvalue weighted by Crippen LogP contribution is -2.37. The van der Waals surface area contributed by atoms with E-state index in [2.05, 4.69) is 16.4 Å². The van der Waals surface area contributed by atoms with Crippen molar-refractivity contribution in [1.82, 2.24) is 9.88 Å². The summed E-state index contributed by atoms with van der Waals surface area (Å²) in [4.78, 5) is 19.6. The number of fused-ring (bicyclic) bond motifs is 1. The van der Waals surface area contributed by atoms with Crippen molar-refractivity contribution in [3.8, 4) is 0 Å². The molecule has 0 aliphatic carbocycles. The van der Waals surface area contributed by atoms with Gasteiger partial charge in [0.1, 0.15) is 0 Å². The highest BCUT2D eigenvalue weighted by atomic mass is 32.1. The van der Waals surface area contributed by atoms with E-state index in [4.69, 9.17) is 4.74 Å². The number of aromatic nitrogens is 1. The molecule has 128 valence electrons. The second-order valence-corrected chi connectivity index (χ2v) is 7.11. The summed E-state index contributed by atoms with van der Waals surface area (Å²) < 4.78 is 5.77. The fraction of sp³-hybridized carbons (Fsp3) is 0.300. The molecule has 1 amide bonds. The lowest BCUT2D eigenvalue weighted by molar-refractivity contribution is 0.0509. The van der Waals surface area contributed by atoms with E-state index < -0.39 is 0 Å². The van der Waals surface area contributed by atoms with Gasteiger partial charge in [-0.1, -0.05) is 18.2 Å². The molecule has 1 unspecified atom stereocenters. The van der Waals surface area contributed by atoms with Crippen molar-refractivity contribution in [2.24, 2.45) is 0 Å². The molecule has 4 rings (SSSR count). The van der Waals surface area contributed by atoms with E-state index in [-0.39, 0.29) is 12.0 Å². The fourth-order valence-corrected chi connectivity index (χ4v) is 3.96. The Morgan fingerprint density at radius 1 is 1.28 bits per heavy atom. The Morgan fingerprint density at radius 2 is 2.20 bits per heavy atom. The number of nitrogens with zero attached hydrogens (tertiary/aromatic N) is 2. The maximum absolute atomic E-state index is 13.3. The van der Waals surface area contributed by atoms with E-state index in [9.17, 15) is 4.79 Å². The van der Waals surface area contributed by atoms with E-state index in [1.54, 1.807) is 17.5 Å². The van der Waals surface area contributed by atoms with Crippen LogP contribution in [0.2, 0.25) is 0 Å². The molecule has 0 spiro atoms. The number of rotatable bonds is 5. The average molecular weight is 352 g/mol. The SMILES string of the molecule is O=C(c1cccc2cccnc12)N(Cc1ccsc1)CC1CCCO1. The first-order valence-electron chi connectivity index (χ1n) is 8.57. The molecule has 2 aromatic heterocycles. The molecule has 0 radical (unpaired) electrons. The number of hydrogen-bond acceptors (Lipinski definition) is 4. The standard InChI is InChI=1S/C20H20N2O2S/c23-20(18-7-1-4-16-5-2-9-21-19(16)18)22(12-15-8-11-25-14-15)13-17-6-3-10-24-17/h1-2,4-5,7-9,11,14,17H,3,6,10,12-13H2. The highest BCUT2D eigenvalue weighted by Gasteiger charge is 2.25. The van der Waals surface area contributed by atoms with Gasteiger partial charge < -0.3 is 9.64 Å². The minimum absolute atomic E-state index is 0.0194. The second kappa shape index (κ2) is 7.33. The molecule has 25 heavy (non-hydrogen) atoms. The molecule has 1 aliphatic heterocycles. The smallest absolute Gasteiger partial charge is 0.256 e. The third-order valence-corrected chi connectivity index (χ3v) is 5.28. The number of carbonyl (C=O) groups is 1. The van der Waals surface area contributed by atoms with Crippen molar-refractivity contribution < 1.29 is 9.53 Å². The minimum Gasteiger partial charge on any atom is -0.376 e. The molecule has 0 N–H and O–H groups in total. The normalized spacial score (nSPS) is 17.0. The van der Waals surface area contributed by atoms with Crippen molar-refractivity contribution in [2.75, 3.05) is 13.2 Å². The van der Waals surface area contributed by atoms with Gasteiger partial charge in [-0.2, -0.15) is 11.3 Å². The summed E-state index contributed by atoms with van der Waals surface area (Å²) in [6.45, 7) is 2.02. The van der Waals surface area contributed by atoms with Gasteiger partial charge in [0.15, 0.2) is 0 Å². The number of para-hydroxylation sites is 1. The van der Waals surface area contributed by atoms with Crippen LogP contribution in [0.3, 0.4) is 0 Å². The van der Waals surface area contributed by atoms with Gasteiger partial charge in [0.2, 0.25) is 0 Å². The number of amides is 1. The minimum atomic E-state index is 0.0194. The van der Waals surface area contributed by atoms with Gasteiger partial charge in [-0.25, -0.2) is 0 Å². The zero-order valence-electron chi connectivity index (χ0n) is 13.9. The summed E-state index contributed by atoms with van der Waals surface area (Å²) in [6.07, 6.45) is 3.95. The average Bonchev–Trinajstić information content (AvgIpc) is 3.34. The Morgan fingerprint density at radius 3 is 3.00 bits per heavy atom. The fourth-order valence-electron chi connectivity index (χ4n) is 3.30. The van der Waals surface area contributed by atoms with Crippen molar-refractivity contribution in [2.45, 2.75) is 25.5 Å². The van der Waals surface area contributed by atoms with Gasteiger partial charge in [-0.3, -0.25) is 9.78 Å². The largest absolute Gasteiger partial charge is 0.376 e. The van der Waals surface area contributed by atoms with E-state index >= 15 is 0 Å². The Hall–Kier alpha value is -2.24. The van der Waals surface area contributed by atoms with Crippen LogP contribution < -0.4 is 0 Å². The van der Waals surface area contributed by atoms with Gasteiger partial charge in [0.25, 0.3) is 5.91 Å². The Bertz CT molecular complexity index is 852. The van der Waals surface area contributed by atoms with Crippen LogP contribution in [0.5, 0.6) is 0 Å². The maximum atomic E-state index is 13.3. The number of benzene rings is 1. The summed E-state index contributed by atoms with van der Waals surface area (Å²) in [7, 11) is 0. The lowest BCUT2D eigenvalue weighted by atomic mass is 10.1. The summed E-state index contributed by atoms with van der Waals surface area (Å²) in [5.74, 6) is 0.0194. The molecule has 1 aromatic carbocycles. The molecule has 1 atom stereocenters. The van der Waals surface area contributed by atoms with Crippen LogP contribution >= 0.6 is 11.3 Å². The Balaban J connectivity index is 1.65. The second-order valence-electron chi connectivity index (χ2n) is 6.33.